The fourth-order valence-electron chi connectivity index (χ4n) is 4.40. The predicted molar refractivity (Wildman–Crippen MR) is 157 cm³/mol. The number of hydrogen-bond acceptors (Lipinski definition) is 6. The highest BCUT2D eigenvalue weighted by Gasteiger charge is 2.38. The van der Waals surface area contributed by atoms with E-state index in [4.69, 9.17) is 0 Å². The van der Waals surface area contributed by atoms with Gasteiger partial charge in [0.25, 0.3) is 30.1 Å². The number of sulfonamides is 3. The number of aryl methyl sites for hydroxylation is 2. The average Bonchev–Trinajstić information content (AvgIpc) is 2.91. The Morgan fingerprint density at radius 1 is 0.675 bits per heavy atom. The molecule has 0 aliphatic carbocycles. The molecule has 1 aliphatic heterocycles. The van der Waals surface area contributed by atoms with Crippen molar-refractivity contribution in [1.82, 2.24) is 0 Å². The third-order valence-electron chi connectivity index (χ3n) is 6.62. The maximum Gasteiger partial charge on any atom is 0.277 e. The van der Waals surface area contributed by atoms with Gasteiger partial charge in [0.15, 0.2) is 0 Å². The van der Waals surface area contributed by atoms with E-state index in [1.54, 1.807) is 68.4 Å². The van der Waals surface area contributed by atoms with Crippen LogP contribution in [0, 0.1) is 13.8 Å². The van der Waals surface area contributed by atoms with Gasteiger partial charge in [-0.2, -0.15) is 3.71 Å². The second kappa shape index (κ2) is 9.92. The normalized spacial score (nSPS) is 14.8. The molecule has 0 fully saturated rings. The van der Waals surface area contributed by atoms with Crippen molar-refractivity contribution in [2.24, 2.45) is 0 Å². The Balaban J connectivity index is 1.75. The quantitative estimate of drug-likeness (QED) is 0.305. The summed E-state index contributed by atoms with van der Waals surface area (Å²) < 4.78 is 84.0. The highest BCUT2D eigenvalue weighted by Crippen LogP contribution is 2.41. The Morgan fingerprint density at radius 2 is 1.18 bits per heavy atom. The highest BCUT2D eigenvalue weighted by atomic mass is 32.3. The van der Waals surface area contributed by atoms with E-state index in [1.165, 1.54) is 55.6 Å². The van der Waals surface area contributed by atoms with E-state index in [2.05, 4.69) is 0 Å². The van der Waals surface area contributed by atoms with Crippen LogP contribution in [0.2, 0.25) is 0 Å². The van der Waals surface area contributed by atoms with Gasteiger partial charge < -0.3 is 0 Å². The van der Waals surface area contributed by atoms with E-state index < -0.39 is 30.1 Å². The molecule has 0 saturated carbocycles. The van der Waals surface area contributed by atoms with Crippen molar-refractivity contribution in [2.75, 3.05) is 15.1 Å². The van der Waals surface area contributed by atoms with Crippen LogP contribution < -0.4 is 8.02 Å². The first-order chi connectivity index (χ1) is 18.8. The average molecular weight is 595 g/mol. The lowest BCUT2D eigenvalue weighted by Crippen LogP contribution is -2.37. The molecule has 4 aromatic rings. The Kier molecular flexibility index (Phi) is 6.85. The summed E-state index contributed by atoms with van der Waals surface area (Å²) >= 11 is 0. The van der Waals surface area contributed by atoms with Crippen LogP contribution in [0.25, 0.3) is 11.0 Å². The first-order valence-corrected chi connectivity index (χ1v) is 16.5. The van der Waals surface area contributed by atoms with Crippen LogP contribution in [0.5, 0.6) is 0 Å². The summed E-state index contributed by atoms with van der Waals surface area (Å²) in [5.41, 5.74) is 2.53. The maximum absolute atomic E-state index is 14.0. The fourth-order valence-corrected chi connectivity index (χ4v) is 9.51. The molecule has 0 amide bonds. The molecule has 1 heterocycles. The van der Waals surface area contributed by atoms with Gasteiger partial charge in [0, 0.05) is 12.6 Å². The lowest BCUT2D eigenvalue weighted by atomic mass is 10.1. The molecule has 0 unspecified atom stereocenters. The molecular weight excluding hydrogens is 569 g/mol. The fraction of sp³-hybridized carbons (Fsp3) is 0.103. The molecule has 0 atom stereocenters. The minimum absolute atomic E-state index is 0.00887. The topological polar surface area (TPSA) is 109 Å². The molecule has 0 saturated heterocycles. The standard InChI is InChI=1S/C29H26N2O6S3/c1-21-9-14-26(15-10-21)38(32,33)31(39(34,35)27-16-11-22(2)12-17-27)25-13-18-28-24(19-25)20-29(40(36,37)30(28)3)23-7-5-4-6-8-23/h4-20H,1-3H3. The predicted octanol–water partition coefficient (Wildman–Crippen LogP) is 5.17. The summed E-state index contributed by atoms with van der Waals surface area (Å²) in [6.07, 6.45) is 1.43. The summed E-state index contributed by atoms with van der Waals surface area (Å²) in [4.78, 5) is -0.395. The molecule has 0 aromatic heterocycles. The summed E-state index contributed by atoms with van der Waals surface area (Å²) in [6.45, 7) is 3.59. The van der Waals surface area contributed by atoms with Crippen LogP contribution in [0.15, 0.2) is 107 Å². The van der Waals surface area contributed by atoms with Crippen LogP contribution in [-0.2, 0) is 30.1 Å². The molecule has 1 aliphatic rings. The van der Waals surface area contributed by atoms with Crippen LogP contribution in [-0.4, -0.2) is 32.3 Å². The van der Waals surface area contributed by atoms with Crippen LogP contribution in [0.4, 0.5) is 11.4 Å². The van der Waals surface area contributed by atoms with Gasteiger partial charge in [-0.25, -0.2) is 25.3 Å². The number of hydrogen-bond donors (Lipinski definition) is 0. The zero-order valence-corrected chi connectivity index (χ0v) is 24.3. The van der Waals surface area contributed by atoms with E-state index in [9.17, 15) is 25.3 Å². The van der Waals surface area contributed by atoms with Gasteiger partial charge in [0.2, 0.25) is 0 Å². The maximum atomic E-state index is 14.0. The van der Waals surface area contributed by atoms with E-state index >= 15 is 0 Å². The molecule has 11 heteroatoms. The van der Waals surface area contributed by atoms with Crippen molar-refractivity contribution in [3.05, 3.63) is 119 Å². The van der Waals surface area contributed by atoms with Gasteiger partial charge in [-0.3, -0.25) is 4.31 Å². The number of anilines is 2. The Hall–Kier alpha value is -3.93. The van der Waals surface area contributed by atoms with Crippen molar-refractivity contribution in [3.63, 3.8) is 0 Å². The SMILES string of the molecule is Cc1ccc(S(=O)(=O)N(c2ccc3c(c2)C=C(c2ccccc2)S(=O)(=O)N3C)S(=O)(=O)c2ccc(C)cc2)cc1. The first-order valence-electron chi connectivity index (χ1n) is 12.2. The van der Waals surface area contributed by atoms with E-state index in [0.29, 0.717) is 14.8 Å². The van der Waals surface area contributed by atoms with E-state index in [0.717, 1.165) is 15.4 Å². The monoisotopic (exact) mass is 594 g/mol. The molecule has 0 bridgehead atoms. The molecule has 0 spiro atoms. The van der Waals surface area contributed by atoms with Crippen LogP contribution in [0.1, 0.15) is 22.3 Å². The minimum Gasteiger partial charge on any atom is -0.269 e. The first kappa shape index (κ1) is 27.6. The Bertz CT molecular complexity index is 1880. The van der Waals surface area contributed by atoms with Crippen molar-refractivity contribution in [2.45, 2.75) is 23.6 Å². The zero-order chi connectivity index (χ0) is 28.9. The zero-order valence-electron chi connectivity index (χ0n) is 21.9. The molecule has 206 valence electrons. The molecule has 8 nitrogen and oxygen atoms in total. The van der Waals surface area contributed by atoms with E-state index in [1.807, 2.05) is 0 Å². The van der Waals surface area contributed by atoms with Crippen molar-refractivity contribution >= 4 is 52.4 Å². The Labute approximate surface area is 235 Å². The van der Waals surface area contributed by atoms with Gasteiger partial charge in [0.1, 0.15) is 0 Å². The second-order valence-corrected chi connectivity index (χ2v) is 15.2. The highest BCUT2D eigenvalue weighted by molar-refractivity contribution is 8.10. The van der Waals surface area contributed by atoms with Gasteiger partial charge >= 0.3 is 0 Å². The van der Waals surface area contributed by atoms with Gasteiger partial charge in [-0.05, 0) is 68.0 Å². The summed E-state index contributed by atoms with van der Waals surface area (Å²) in [6, 6.07) is 24.3. The molecule has 4 aromatic carbocycles. The minimum atomic E-state index is -4.62. The summed E-state index contributed by atoms with van der Waals surface area (Å²) in [5.74, 6) is 0. The number of fused-ring (bicyclic) bond motifs is 1. The van der Waals surface area contributed by atoms with Gasteiger partial charge in [-0.15, -0.1) is 0 Å². The molecule has 5 rings (SSSR count). The van der Waals surface area contributed by atoms with Gasteiger partial charge in [0.05, 0.1) is 26.1 Å². The number of nitrogens with zero attached hydrogens (tertiary/aromatic N) is 2. The smallest absolute Gasteiger partial charge is 0.269 e. The Morgan fingerprint density at radius 3 is 1.68 bits per heavy atom. The molecule has 40 heavy (non-hydrogen) atoms. The van der Waals surface area contributed by atoms with E-state index in [-0.39, 0.29) is 26.1 Å². The van der Waals surface area contributed by atoms with Crippen molar-refractivity contribution in [1.29, 1.82) is 0 Å². The number of rotatable bonds is 6. The number of benzene rings is 4. The molecule has 0 radical (unpaired) electrons. The summed E-state index contributed by atoms with van der Waals surface area (Å²) in [7, 11) is -11.8. The van der Waals surface area contributed by atoms with Gasteiger partial charge in [-0.1, -0.05) is 65.7 Å². The molecular formula is C29H26N2O6S3. The third-order valence-corrected chi connectivity index (χ3v) is 12.7. The van der Waals surface area contributed by atoms with Crippen LogP contribution in [0.3, 0.4) is 0 Å². The lowest BCUT2D eigenvalue weighted by molar-refractivity contribution is 0.584. The third kappa shape index (κ3) is 4.70. The lowest BCUT2D eigenvalue weighted by Gasteiger charge is -2.29. The van der Waals surface area contributed by atoms with Crippen molar-refractivity contribution in [3.8, 4) is 0 Å². The molecule has 0 N–H and O–H groups in total. The largest absolute Gasteiger partial charge is 0.277 e. The van der Waals surface area contributed by atoms with Crippen molar-refractivity contribution < 1.29 is 25.3 Å². The second-order valence-electron chi connectivity index (χ2n) is 9.42. The van der Waals surface area contributed by atoms with Crippen LogP contribution >= 0.6 is 0 Å². The summed E-state index contributed by atoms with van der Waals surface area (Å²) in [5, 5.41) is 0.